The van der Waals surface area contributed by atoms with Crippen LogP contribution < -0.4 is 14.8 Å². The van der Waals surface area contributed by atoms with Crippen molar-refractivity contribution < 1.29 is 23.8 Å². The fourth-order valence-electron chi connectivity index (χ4n) is 3.18. The third-order valence-corrected chi connectivity index (χ3v) is 4.76. The zero-order valence-electron chi connectivity index (χ0n) is 15.9. The van der Waals surface area contributed by atoms with Crippen LogP contribution >= 0.6 is 0 Å². The Labute approximate surface area is 168 Å². The van der Waals surface area contributed by atoms with Crippen molar-refractivity contribution in [3.63, 3.8) is 0 Å². The highest BCUT2D eigenvalue weighted by Gasteiger charge is 2.17. The van der Waals surface area contributed by atoms with E-state index in [0.717, 1.165) is 11.1 Å². The Morgan fingerprint density at radius 1 is 1.00 bits per heavy atom. The lowest BCUT2D eigenvalue weighted by Gasteiger charge is -2.26. The van der Waals surface area contributed by atoms with Gasteiger partial charge in [0.25, 0.3) is 0 Å². The molecule has 29 heavy (non-hydrogen) atoms. The molecule has 0 radical (unpaired) electrons. The van der Waals surface area contributed by atoms with Crippen molar-refractivity contribution in [3.05, 3.63) is 59.7 Å². The van der Waals surface area contributed by atoms with Gasteiger partial charge in [-0.25, -0.2) is 0 Å². The number of nitrogens with one attached hydrogen (secondary N) is 1. The van der Waals surface area contributed by atoms with Gasteiger partial charge < -0.3 is 24.4 Å². The lowest BCUT2D eigenvalue weighted by molar-refractivity contribution is -0.134. The summed E-state index contributed by atoms with van der Waals surface area (Å²) in [6, 6.07) is 12.8. The van der Waals surface area contributed by atoms with Crippen LogP contribution in [0, 0.1) is 0 Å². The van der Waals surface area contributed by atoms with Crippen molar-refractivity contribution in [1.82, 2.24) is 4.90 Å². The number of benzene rings is 2. The molecule has 0 bridgehead atoms. The van der Waals surface area contributed by atoms with Gasteiger partial charge in [-0.15, -0.1) is 0 Å². The van der Waals surface area contributed by atoms with Gasteiger partial charge in [0, 0.05) is 24.9 Å². The van der Waals surface area contributed by atoms with Gasteiger partial charge in [0.1, 0.15) is 0 Å². The average Bonchev–Trinajstić information content (AvgIpc) is 3.22. The van der Waals surface area contributed by atoms with Crippen LogP contribution in [0.5, 0.6) is 11.5 Å². The fourth-order valence-corrected chi connectivity index (χ4v) is 3.18. The van der Waals surface area contributed by atoms with Gasteiger partial charge >= 0.3 is 0 Å². The highest BCUT2D eigenvalue weighted by atomic mass is 16.7. The Kier molecular flexibility index (Phi) is 5.76. The third-order valence-electron chi connectivity index (χ3n) is 4.76. The quantitative estimate of drug-likeness (QED) is 0.789. The van der Waals surface area contributed by atoms with Crippen molar-refractivity contribution in [2.24, 2.45) is 0 Å². The van der Waals surface area contributed by atoms with Gasteiger partial charge in [0.05, 0.1) is 19.6 Å². The molecule has 7 nitrogen and oxygen atoms in total. The summed E-state index contributed by atoms with van der Waals surface area (Å²) < 4.78 is 15.9. The lowest BCUT2D eigenvalue weighted by atomic mass is 10.1. The number of hydrogen-bond donors (Lipinski definition) is 1. The van der Waals surface area contributed by atoms with Crippen LogP contribution in [-0.4, -0.2) is 49.8 Å². The molecule has 7 heteroatoms. The van der Waals surface area contributed by atoms with Crippen LogP contribution in [0.2, 0.25) is 0 Å². The molecule has 2 aromatic rings. The van der Waals surface area contributed by atoms with E-state index in [1.165, 1.54) is 6.08 Å². The van der Waals surface area contributed by atoms with Crippen LogP contribution in [0.25, 0.3) is 6.08 Å². The summed E-state index contributed by atoms with van der Waals surface area (Å²) >= 11 is 0. The highest BCUT2D eigenvalue weighted by molar-refractivity contribution is 6.02. The summed E-state index contributed by atoms with van der Waals surface area (Å²) in [5.74, 6) is 1.24. The molecule has 0 unspecified atom stereocenters. The zero-order valence-corrected chi connectivity index (χ0v) is 15.9. The number of carbonyl (C=O) groups is 2. The summed E-state index contributed by atoms with van der Waals surface area (Å²) in [4.78, 5) is 26.3. The molecule has 2 aliphatic rings. The summed E-state index contributed by atoms with van der Waals surface area (Å²) in [7, 11) is 0. The molecule has 4 rings (SSSR count). The number of nitrogens with zero attached hydrogens (tertiary/aromatic N) is 1. The van der Waals surface area contributed by atoms with Crippen LogP contribution in [-0.2, 0) is 20.7 Å². The first-order chi connectivity index (χ1) is 14.2. The van der Waals surface area contributed by atoms with E-state index in [4.69, 9.17) is 14.2 Å². The Morgan fingerprint density at radius 3 is 2.55 bits per heavy atom. The Bertz CT molecular complexity index is 917. The summed E-state index contributed by atoms with van der Waals surface area (Å²) in [6.45, 7) is 2.69. The van der Waals surface area contributed by atoms with Gasteiger partial charge in [-0.2, -0.15) is 0 Å². The molecule has 2 aliphatic heterocycles. The summed E-state index contributed by atoms with van der Waals surface area (Å²) in [6.07, 6.45) is 3.53. The van der Waals surface area contributed by atoms with Crippen molar-refractivity contribution in [2.45, 2.75) is 6.42 Å². The van der Waals surface area contributed by atoms with Gasteiger partial charge in [-0.3, -0.25) is 9.59 Å². The number of morpholine rings is 1. The van der Waals surface area contributed by atoms with E-state index in [9.17, 15) is 9.59 Å². The Morgan fingerprint density at radius 2 is 1.76 bits per heavy atom. The van der Waals surface area contributed by atoms with E-state index >= 15 is 0 Å². The molecule has 1 saturated heterocycles. The molecular formula is C22H22N2O5. The average molecular weight is 394 g/mol. The van der Waals surface area contributed by atoms with Crippen LogP contribution in [0.15, 0.2) is 48.5 Å². The second-order valence-corrected chi connectivity index (χ2v) is 6.80. The SMILES string of the molecule is O=C(C=Cc1ccc2c(c1)OCO2)Nc1ccc(CC(=O)N2CCOCC2)cc1. The van der Waals surface area contributed by atoms with Crippen LogP contribution in [0.3, 0.4) is 0 Å². The molecule has 1 N–H and O–H groups in total. The Hall–Kier alpha value is -3.32. The first-order valence-corrected chi connectivity index (χ1v) is 9.50. The van der Waals surface area contributed by atoms with E-state index in [-0.39, 0.29) is 18.6 Å². The summed E-state index contributed by atoms with van der Waals surface area (Å²) in [5.41, 5.74) is 2.43. The largest absolute Gasteiger partial charge is 0.454 e. The number of rotatable bonds is 5. The molecule has 0 aromatic heterocycles. The molecule has 0 aliphatic carbocycles. The lowest BCUT2D eigenvalue weighted by Crippen LogP contribution is -2.41. The second kappa shape index (κ2) is 8.79. The predicted molar refractivity (Wildman–Crippen MR) is 108 cm³/mol. The number of hydrogen-bond acceptors (Lipinski definition) is 5. The minimum atomic E-state index is -0.236. The van der Waals surface area contributed by atoms with E-state index in [0.29, 0.717) is 49.9 Å². The monoisotopic (exact) mass is 394 g/mol. The fraction of sp³-hybridized carbons (Fsp3) is 0.273. The number of amides is 2. The molecule has 150 valence electrons. The van der Waals surface area contributed by atoms with Gasteiger partial charge in [0.15, 0.2) is 11.5 Å². The minimum absolute atomic E-state index is 0.0942. The maximum Gasteiger partial charge on any atom is 0.248 e. The molecule has 0 spiro atoms. The highest BCUT2D eigenvalue weighted by Crippen LogP contribution is 2.32. The first kappa shape index (κ1) is 19.0. The normalized spacial score (nSPS) is 15.5. The topological polar surface area (TPSA) is 77.1 Å². The number of anilines is 1. The molecule has 2 aromatic carbocycles. The van der Waals surface area contributed by atoms with E-state index in [1.807, 2.05) is 35.2 Å². The molecule has 0 atom stereocenters. The van der Waals surface area contributed by atoms with Gasteiger partial charge in [-0.05, 0) is 41.5 Å². The maximum absolute atomic E-state index is 12.3. The van der Waals surface area contributed by atoms with Crippen molar-refractivity contribution >= 4 is 23.6 Å². The van der Waals surface area contributed by atoms with E-state index in [1.54, 1.807) is 18.2 Å². The molecule has 0 saturated carbocycles. The Balaban J connectivity index is 1.30. The molecule has 2 amide bonds. The zero-order chi connectivity index (χ0) is 20.1. The first-order valence-electron chi connectivity index (χ1n) is 9.50. The van der Waals surface area contributed by atoms with Crippen LogP contribution in [0.4, 0.5) is 5.69 Å². The van der Waals surface area contributed by atoms with Crippen molar-refractivity contribution in [2.75, 3.05) is 38.4 Å². The third kappa shape index (κ3) is 4.94. The van der Waals surface area contributed by atoms with Crippen molar-refractivity contribution in [1.29, 1.82) is 0 Å². The summed E-state index contributed by atoms with van der Waals surface area (Å²) in [5, 5.41) is 2.81. The smallest absolute Gasteiger partial charge is 0.248 e. The molecule has 2 heterocycles. The van der Waals surface area contributed by atoms with Crippen LogP contribution in [0.1, 0.15) is 11.1 Å². The number of carbonyl (C=O) groups excluding carboxylic acids is 2. The number of fused-ring (bicyclic) bond motifs is 1. The number of ether oxygens (including phenoxy) is 3. The van der Waals surface area contributed by atoms with E-state index < -0.39 is 0 Å². The maximum atomic E-state index is 12.3. The predicted octanol–water partition coefficient (Wildman–Crippen LogP) is 2.47. The molecule has 1 fully saturated rings. The van der Waals surface area contributed by atoms with Gasteiger partial charge in [-0.1, -0.05) is 18.2 Å². The standard InChI is InChI=1S/C22H22N2O5/c25-21(8-4-16-3-7-19-20(13-16)29-15-28-19)23-18-5-1-17(2-6-18)14-22(26)24-9-11-27-12-10-24/h1-8,13H,9-12,14-15H2,(H,23,25). The van der Waals surface area contributed by atoms with E-state index in [2.05, 4.69) is 5.32 Å². The molecular weight excluding hydrogens is 372 g/mol. The second-order valence-electron chi connectivity index (χ2n) is 6.80. The van der Waals surface area contributed by atoms with Gasteiger partial charge in [0.2, 0.25) is 18.6 Å². The van der Waals surface area contributed by atoms with Crippen molar-refractivity contribution in [3.8, 4) is 11.5 Å². The minimum Gasteiger partial charge on any atom is -0.454 e.